The minimum absolute atomic E-state index is 0.160. The number of aliphatic hydroxyl groups is 1. The highest BCUT2D eigenvalue weighted by Crippen LogP contribution is 2.33. The highest BCUT2D eigenvalue weighted by Gasteiger charge is 2.27. The third-order valence-electron chi connectivity index (χ3n) is 2.43. The number of hydrogen-bond acceptors (Lipinski definition) is 1. The molecule has 0 spiro atoms. The summed E-state index contributed by atoms with van der Waals surface area (Å²) in [5, 5.41) is 9.54. The SMILES string of the molecule is CC(C)C(C)(Br)CCC(C)(C)O. The lowest BCUT2D eigenvalue weighted by Gasteiger charge is -2.30. The molecule has 0 aliphatic heterocycles. The second kappa shape index (κ2) is 4.10. The van der Waals surface area contributed by atoms with E-state index in [1.54, 1.807) is 0 Å². The fourth-order valence-corrected chi connectivity index (χ4v) is 1.04. The van der Waals surface area contributed by atoms with Crippen LogP contribution < -0.4 is 0 Å². The molecule has 2 heteroatoms. The van der Waals surface area contributed by atoms with Gasteiger partial charge in [0.05, 0.1) is 5.60 Å². The zero-order valence-electron chi connectivity index (χ0n) is 8.82. The van der Waals surface area contributed by atoms with Gasteiger partial charge in [-0.2, -0.15) is 0 Å². The summed E-state index contributed by atoms with van der Waals surface area (Å²) in [4.78, 5) is 0. The summed E-state index contributed by atoms with van der Waals surface area (Å²) in [6.45, 7) is 10.3. The number of rotatable bonds is 4. The number of halogens is 1. The van der Waals surface area contributed by atoms with E-state index in [9.17, 15) is 5.11 Å². The Kier molecular flexibility index (Phi) is 4.25. The van der Waals surface area contributed by atoms with Gasteiger partial charge in [0.1, 0.15) is 0 Å². The third kappa shape index (κ3) is 5.15. The van der Waals surface area contributed by atoms with Gasteiger partial charge in [-0.1, -0.05) is 29.8 Å². The molecule has 0 aliphatic carbocycles. The lowest BCUT2D eigenvalue weighted by molar-refractivity contribution is 0.0645. The van der Waals surface area contributed by atoms with Crippen molar-refractivity contribution in [2.45, 2.75) is 57.4 Å². The molecule has 0 aliphatic rings. The summed E-state index contributed by atoms with van der Waals surface area (Å²) in [6.07, 6.45) is 1.85. The van der Waals surface area contributed by atoms with E-state index in [1.807, 2.05) is 13.8 Å². The Hall–Kier alpha value is 0.440. The Balaban J connectivity index is 3.93. The van der Waals surface area contributed by atoms with Crippen molar-refractivity contribution in [1.29, 1.82) is 0 Å². The smallest absolute Gasteiger partial charge is 0.0592 e. The predicted molar refractivity (Wildman–Crippen MR) is 57.7 cm³/mol. The predicted octanol–water partition coefficient (Wildman–Crippen LogP) is 3.35. The average Bonchev–Trinajstić information content (AvgIpc) is 1.82. The van der Waals surface area contributed by atoms with Crippen molar-refractivity contribution in [2.24, 2.45) is 5.92 Å². The van der Waals surface area contributed by atoms with Crippen LogP contribution in [0, 0.1) is 5.92 Å². The molecule has 0 aromatic heterocycles. The van der Waals surface area contributed by atoms with Gasteiger partial charge in [0, 0.05) is 4.32 Å². The van der Waals surface area contributed by atoms with E-state index in [0.29, 0.717) is 5.92 Å². The molecule has 0 bridgehead atoms. The molecule has 1 unspecified atom stereocenters. The molecule has 0 aromatic carbocycles. The molecule has 0 fully saturated rings. The minimum Gasteiger partial charge on any atom is -0.390 e. The molecule has 0 aromatic rings. The van der Waals surface area contributed by atoms with Gasteiger partial charge in [-0.05, 0) is 39.5 Å². The average molecular weight is 237 g/mol. The van der Waals surface area contributed by atoms with Crippen LogP contribution in [0.25, 0.3) is 0 Å². The Morgan fingerprint density at radius 2 is 1.58 bits per heavy atom. The second-order valence-corrected chi connectivity index (χ2v) is 6.56. The van der Waals surface area contributed by atoms with Crippen LogP contribution in [-0.4, -0.2) is 15.0 Å². The van der Waals surface area contributed by atoms with E-state index in [4.69, 9.17) is 0 Å². The molecule has 0 saturated carbocycles. The normalized spacial score (nSPS) is 18.0. The molecule has 0 saturated heterocycles. The van der Waals surface area contributed by atoms with E-state index in [0.717, 1.165) is 12.8 Å². The fraction of sp³-hybridized carbons (Fsp3) is 1.00. The van der Waals surface area contributed by atoms with Gasteiger partial charge < -0.3 is 5.11 Å². The second-order valence-electron chi connectivity index (χ2n) is 4.75. The Morgan fingerprint density at radius 3 is 1.83 bits per heavy atom. The molecule has 0 amide bonds. The summed E-state index contributed by atoms with van der Waals surface area (Å²) in [7, 11) is 0. The molecule has 1 N–H and O–H groups in total. The van der Waals surface area contributed by atoms with Crippen LogP contribution in [0.15, 0.2) is 0 Å². The summed E-state index contributed by atoms with van der Waals surface area (Å²) in [5.41, 5.74) is -0.538. The zero-order valence-corrected chi connectivity index (χ0v) is 10.4. The summed E-state index contributed by atoms with van der Waals surface area (Å²) in [6, 6.07) is 0. The molecular formula is C10H21BrO. The summed E-state index contributed by atoms with van der Waals surface area (Å²) < 4.78 is 0.160. The van der Waals surface area contributed by atoms with Crippen molar-refractivity contribution >= 4 is 15.9 Å². The molecule has 0 rings (SSSR count). The van der Waals surface area contributed by atoms with Crippen LogP contribution in [0.3, 0.4) is 0 Å². The van der Waals surface area contributed by atoms with Gasteiger partial charge in [-0.3, -0.25) is 0 Å². The highest BCUT2D eigenvalue weighted by molar-refractivity contribution is 9.10. The lowest BCUT2D eigenvalue weighted by Crippen LogP contribution is -2.28. The van der Waals surface area contributed by atoms with Crippen LogP contribution in [0.5, 0.6) is 0 Å². The summed E-state index contributed by atoms with van der Waals surface area (Å²) in [5.74, 6) is 0.597. The minimum atomic E-state index is -0.538. The first-order valence-corrected chi connectivity index (χ1v) is 5.36. The molecule has 1 nitrogen and oxygen atoms in total. The Bertz CT molecular complexity index is 133. The zero-order chi connectivity index (χ0) is 9.99. The van der Waals surface area contributed by atoms with Gasteiger partial charge in [0.2, 0.25) is 0 Å². The maximum atomic E-state index is 9.54. The maximum absolute atomic E-state index is 9.54. The largest absolute Gasteiger partial charge is 0.390 e. The molecule has 74 valence electrons. The Morgan fingerprint density at radius 1 is 1.17 bits per heavy atom. The highest BCUT2D eigenvalue weighted by atomic mass is 79.9. The Labute approximate surface area is 84.7 Å². The molecule has 1 atom stereocenters. The monoisotopic (exact) mass is 236 g/mol. The summed E-state index contributed by atoms with van der Waals surface area (Å²) >= 11 is 3.69. The first-order chi connectivity index (χ1) is 5.15. The lowest BCUT2D eigenvalue weighted by atomic mass is 9.89. The fourth-order valence-electron chi connectivity index (χ4n) is 0.839. The quantitative estimate of drug-likeness (QED) is 0.743. The van der Waals surface area contributed by atoms with Crippen molar-refractivity contribution in [2.75, 3.05) is 0 Å². The molecule has 0 radical (unpaired) electrons. The molecule has 12 heavy (non-hydrogen) atoms. The number of hydrogen-bond donors (Lipinski definition) is 1. The van der Waals surface area contributed by atoms with Crippen molar-refractivity contribution in [3.05, 3.63) is 0 Å². The number of alkyl halides is 1. The van der Waals surface area contributed by atoms with Crippen molar-refractivity contribution in [3.8, 4) is 0 Å². The van der Waals surface area contributed by atoms with Crippen molar-refractivity contribution in [1.82, 2.24) is 0 Å². The van der Waals surface area contributed by atoms with Crippen molar-refractivity contribution in [3.63, 3.8) is 0 Å². The van der Waals surface area contributed by atoms with Crippen LogP contribution in [0.1, 0.15) is 47.5 Å². The van der Waals surface area contributed by atoms with E-state index >= 15 is 0 Å². The van der Waals surface area contributed by atoms with Gasteiger partial charge in [-0.15, -0.1) is 0 Å². The van der Waals surface area contributed by atoms with Crippen LogP contribution in [-0.2, 0) is 0 Å². The van der Waals surface area contributed by atoms with E-state index in [1.165, 1.54) is 0 Å². The van der Waals surface area contributed by atoms with Gasteiger partial charge in [-0.25, -0.2) is 0 Å². The van der Waals surface area contributed by atoms with Gasteiger partial charge >= 0.3 is 0 Å². The molecule has 0 heterocycles. The third-order valence-corrected chi connectivity index (χ3v) is 3.74. The standard InChI is InChI=1S/C10H21BrO/c1-8(2)10(5,11)7-6-9(3,4)12/h8,12H,6-7H2,1-5H3. The van der Waals surface area contributed by atoms with Crippen molar-refractivity contribution < 1.29 is 5.11 Å². The van der Waals surface area contributed by atoms with E-state index < -0.39 is 5.60 Å². The van der Waals surface area contributed by atoms with Gasteiger partial charge in [0.15, 0.2) is 0 Å². The topological polar surface area (TPSA) is 20.2 Å². The van der Waals surface area contributed by atoms with Crippen LogP contribution in [0.4, 0.5) is 0 Å². The van der Waals surface area contributed by atoms with Crippen LogP contribution in [0.2, 0.25) is 0 Å². The first kappa shape index (κ1) is 12.4. The van der Waals surface area contributed by atoms with Gasteiger partial charge in [0.25, 0.3) is 0 Å². The van der Waals surface area contributed by atoms with E-state index in [-0.39, 0.29) is 4.32 Å². The maximum Gasteiger partial charge on any atom is 0.0592 e. The van der Waals surface area contributed by atoms with E-state index in [2.05, 4.69) is 36.7 Å². The first-order valence-electron chi connectivity index (χ1n) is 4.56. The molecular weight excluding hydrogens is 216 g/mol. The van der Waals surface area contributed by atoms with Crippen LogP contribution >= 0.6 is 15.9 Å².